The van der Waals surface area contributed by atoms with Crippen molar-refractivity contribution in [3.8, 4) is 23.0 Å². The summed E-state index contributed by atoms with van der Waals surface area (Å²) in [4.78, 5) is 9.97. The molecule has 7 nitrogen and oxygen atoms in total. The van der Waals surface area contributed by atoms with Crippen LogP contribution in [0.5, 0.6) is 23.0 Å². The summed E-state index contributed by atoms with van der Waals surface area (Å²) in [6, 6.07) is 13.0. The van der Waals surface area contributed by atoms with Gasteiger partial charge in [0, 0.05) is 17.6 Å². The lowest BCUT2D eigenvalue weighted by atomic mass is 10.2. The fraction of sp³-hybridized carbons (Fsp3) is 0.360. The Morgan fingerprint density at radius 3 is 1.66 bits per heavy atom. The molecule has 0 aliphatic carbocycles. The van der Waals surface area contributed by atoms with Crippen molar-refractivity contribution in [2.24, 2.45) is 0 Å². The second-order valence-corrected chi connectivity index (χ2v) is 5.52. The Balaban J connectivity index is 0. The number of rotatable bonds is 10. The van der Waals surface area contributed by atoms with Gasteiger partial charge >= 0.3 is 0 Å². The van der Waals surface area contributed by atoms with E-state index in [1.165, 1.54) is 0 Å². The Kier molecular flexibility index (Phi) is 21.6. The summed E-state index contributed by atoms with van der Waals surface area (Å²) in [6.07, 6.45) is 3.28. The fourth-order valence-corrected chi connectivity index (χ4v) is 2.15. The van der Waals surface area contributed by atoms with Gasteiger partial charge in [0.15, 0.2) is 11.5 Å². The molecular formula is C25H38NO6+. The minimum Gasteiger partial charge on any atom is -0.497 e. The van der Waals surface area contributed by atoms with E-state index < -0.39 is 0 Å². The number of allylic oxidation sites excluding steroid dienone is 2. The summed E-state index contributed by atoms with van der Waals surface area (Å²) in [5.74, 6) is 2.99. The highest BCUT2D eigenvalue weighted by Gasteiger charge is 2.11. The molecule has 0 spiro atoms. The maximum absolute atomic E-state index is 9.97. The second-order valence-electron chi connectivity index (χ2n) is 5.52. The third-order valence-corrected chi connectivity index (χ3v) is 3.43. The largest absolute Gasteiger partial charge is 0.497 e. The standard InChI is InChI=1S/C12H18O3.C8H9NO2.C4H6.CH4O/c1-4-13-10-8-7-9-11(14-5-2)12(10)15-6-3;1-11-8-4-2-7(3-5-8)6-9-10;1-3-4-2;1-2/h7-9H,4-6H2,1-3H3;2-5H,6H2,1H3;3-4H,1-2H2;2H,1H3/p+1. The average molecular weight is 449 g/mol. The van der Waals surface area contributed by atoms with Crippen molar-refractivity contribution in [3.63, 3.8) is 0 Å². The third kappa shape index (κ3) is 13.8. The number of nitroso groups, excluding NO2 is 1. The van der Waals surface area contributed by atoms with Crippen LogP contribution in [-0.4, -0.2) is 39.1 Å². The van der Waals surface area contributed by atoms with Crippen LogP contribution in [-0.2, 0) is 6.54 Å². The molecule has 2 rings (SSSR count). The molecule has 0 aliphatic rings. The number of aliphatic hydroxyl groups excluding tert-OH is 1. The number of ether oxygens (including phenoxy) is 4. The lowest BCUT2D eigenvalue weighted by molar-refractivity contribution is -0.498. The number of benzene rings is 2. The van der Waals surface area contributed by atoms with Gasteiger partial charge < -0.3 is 24.1 Å². The van der Waals surface area contributed by atoms with Crippen molar-refractivity contribution in [2.75, 3.05) is 34.0 Å². The Bertz CT molecular complexity index is 701. The van der Waals surface area contributed by atoms with Crippen LogP contribution in [0.25, 0.3) is 0 Å². The molecule has 0 saturated carbocycles. The van der Waals surface area contributed by atoms with Crippen LogP contribution in [0.1, 0.15) is 26.3 Å². The quantitative estimate of drug-likeness (QED) is 0.536. The van der Waals surface area contributed by atoms with Crippen LogP contribution in [0.2, 0.25) is 0 Å². The van der Waals surface area contributed by atoms with Gasteiger partial charge in [-0.25, -0.2) is 0 Å². The van der Waals surface area contributed by atoms with Crippen molar-refractivity contribution in [3.05, 3.63) is 78.2 Å². The van der Waals surface area contributed by atoms with E-state index in [0.717, 1.165) is 29.9 Å². The predicted octanol–water partition coefficient (Wildman–Crippen LogP) is 3.89. The smallest absolute Gasteiger partial charge is 0.214 e. The Morgan fingerprint density at radius 2 is 1.31 bits per heavy atom. The van der Waals surface area contributed by atoms with Crippen LogP contribution >= 0.6 is 0 Å². The summed E-state index contributed by atoms with van der Waals surface area (Å²) < 4.78 is 21.4. The van der Waals surface area contributed by atoms with Crippen LogP contribution in [0.15, 0.2) is 67.8 Å². The Labute approximate surface area is 192 Å². The van der Waals surface area contributed by atoms with Crippen molar-refractivity contribution in [1.29, 1.82) is 0 Å². The molecule has 32 heavy (non-hydrogen) atoms. The van der Waals surface area contributed by atoms with Gasteiger partial charge in [-0.3, -0.25) is 0 Å². The molecule has 2 aromatic rings. The van der Waals surface area contributed by atoms with Crippen LogP contribution in [0, 0.1) is 4.91 Å². The van der Waals surface area contributed by atoms with Gasteiger partial charge in [0.25, 0.3) is 0 Å². The number of para-hydroxylation sites is 1. The number of aliphatic hydroxyl groups is 1. The Morgan fingerprint density at radius 1 is 0.844 bits per heavy atom. The van der Waals surface area contributed by atoms with Gasteiger partial charge in [-0.2, -0.15) is 0 Å². The summed E-state index contributed by atoms with van der Waals surface area (Å²) in [7, 11) is 2.61. The second kappa shape index (κ2) is 22.4. The highest BCUT2D eigenvalue weighted by Crippen LogP contribution is 2.37. The van der Waals surface area contributed by atoms with Crippen molar-refractivity contribution in [1.82, 2.24) is 0 Å². The molecule has 0 saturated heterocycles. The molecule has 0 amide bonds. The topological polar surface area (TPSA) is 88.2 Å². The van der Waals surface area contributed by atoms with Crippen LogP contribution < -0.4 is 24.1 Å². The Hall–Kier alpha value is -3.32. The van der Waals surface area contributed by atoms with Gasteiger partial charge in [-0.1, -0.05) is 31.4 Å². The van der Waals surface area contributed by atoms with Gasteiger partial charge in [0.1, 0.15) is 5.75 Å². The molecule has 7 heteroatoms. The predicted molar refractivity (Wildman–Crippen MR) is 130 cm³/mol. The number of hydrogen-bond donors (Lipinski definition) is 2. The molecule has 0 fully saturated rings. The first-order valence-corrected chi connectivity index (χ1v) is 10.3. The van der Waals surface area contributed by atoms with Gasteiger partial charge in [-0.15, -0.1) is 0 Å². The molecule has 0 bridgehead atoms. The van der Waals surface area contributed by atoms with Gasteiger partial charge in [-0.05, 0) is 62.3 Å². The molecule has 0 heterocycles. The van der Waals surface area contributed by atoms with E-state index in [1.807, 2.05) is 68.4 Å². The van der Waals surface area contributed by atoms with Crippen molar-refractivity contribution < 1.29 is 29.2 Å². The summed E-state index contributed by atoms with van der Waals surface area (Å²) in [6.45, 7) is 14.8. The summed E-state index contributed by atoms with van der Waals surface area (Å²) >= 11 is 0. The van der Waals surface area contributed by atoms with E-state index in [1.54, 1.807) is 19.3 Å². The molecule has 178 valence electrons. The minimum absolute atomic E-state index is 0.351. The number of nitrogens with one attached hydrogen (secondary N) is 1. The SMILES string of the molecule is C=CC=C.CCOc1cccc(OCC)c1OCC.CO.COc1ccc(C[NH+]=O)cc1. The summed E-state index contributed by atoms with van der Waals surface area (Å²) in [5.41, 5.74) is 0.959. The molecule has 0 unspecified atom stereocenters. The zero-order chi connectivity index (χ0) is 24.6. The van der Waals surface area contributed by atoms with E-state index >= 15 is 0 Å². The van der Waals surface area contributed by atoms with Crippen molar-refractivity contribution >= 4 is 0 Å². The van der Waals surface area contributed by atoms with E-state index in [2.05, 4.69) is 13.2 Å². The first-order chi connectivity index (χ1) is 15.6. The molecule has 0 radical (unpaired) electrons. The monoisotopic (exact) mass is 448 g/mol. The van der Waals surface area contributed by atoms with Crippen LogP contribution in [0.4, 0.5) is 0 Å². The zero-order valence-electron chi connectivity index (χ0n) is 19.9. The van der Waals surface area contributed by atoms with Crippen LogP contribution in [0.3, 0.4) is 0 Å². The fourth-order valence-electron chi connectivity index (χ4n) is 2.15. The van der Waals surface area contributed by atoms with E-state index in [-0.39, 0.29) is 0 Å². The maximum Gasteiger partial charge on any atom is 0.214 e. The highest BCUT2D eigenvalue weighted by molar-refractivity contribution is 5.51. The molecule has 2 aromatic carbocycles. The first kappa shape index (κ1) is 30.9. The van der Waals surface area contributed by atoms with Crippen molar-refractivity contribution in [2.45, 2.75) is 27.3 Å². The molecule has 2 N–H and O–H groups in total. The lowest BCUT2D eigenvalue weighted by Crippen LogP contribution is -2.61. The third-order valence-electron chi connectivity index (χ3n) is 3.43. The van der Waals surface area contributed by atoms with Gasteiger partial charge in [0.2, 0.25) is 12.3 Å². The highest BCUT2D eigenvalue weighted by atomic mass is 16.5. The molecular weight excluding hydrogens is 410 g/mol. The van der Waals surface area contributed by atoms with E-state index in [4.69, 9.17) is 24.1 Å². The van der Waals surface area contributed by atoms with Gasteiger partial charge in [0.05, 0.1) is 26.9 Å². The average Bonchev–Trinajstić information content (AvgIpc) is 2.84. The number of methoxy groups -OCH3 is 1. The molecule has 0 aromatic heterocycles. The van der Waals surface area contributed by atoms with E-state index in [0.29, 0.717) is 32.1 Å². The number of hydrogen-bond acceptors (Lipinski definition) is 6. The summed E-state index contributed by atoms with van der Waals surface area (Å²) in [5, 5.41) is 8.83. The maximum atomic E-state index is 9.97. The zero-order valence-corrected chi connectivity index (χ0v) is 19.9. The van der Waals surface area contributed by atoms with E-state index in [9.17, 15) is 4.91 Å². The molecule has 0 aliphatic heterocycles. The minimum atomic E-state index is 0.351. The normalized spacial score (nSPS) is 8.56. The molecule has 0 atom stereocenters. The first-order valence-electron chi connectivity index (χ1n) is 10.3. The lowest BCUT2D eigenvalue weighted by Gasteiger charge is -2.14.